The average molecular weight is 540 g/mol. The van der Waals surface area contributed by atoms with Crippen LogP contribution in [0.2, 0.25) is 0 Å². The predicted octanol–water partition coefficient (Wildman–Crippen LogP) is 5.12. The molecule has 3 heterocycles. The molecular weight excluding hydrogens is 515 g/mol. The van der Waals surface area contributed by atoms with Crippen LogP contribution >= 0.6 is 0 Å². The highest BCUT2D eigenvalue weighted by Crippen LogP contribution is 2.41. The number of rotatable bonds is 3. The van der Waals surface area contributed by atoms with Crippen molar-refractivity contribution in [2.75, 3.05) is 18.0 Å². The third kappa shape index (κ3) is 5.01. The fraction of sp³-hybridized carbons (Fsp3) is 0.440. The zero-order valence-electron chi connectivity index (χ0n) is 20.8. The van der Waals surface area contributed by atoms with E-state index in [4.69, 9.17) is 4.74 Å². The second-order valence-corrected chi connectivity index (χ2v) is 10.1. The molecule has 1 aromatic heterocycles. The predicted molar refractivity (Wildman–Crippen MR) is 124 cm³/mol. The number of pyridine rings is 1. The number of imide groups is 1. The van der Waals surface area contributed by atoms with Crippen LogP contribution in [-0.2, 0) is 22.3 Å². The summed E-state index contributed by atoms with van der Waals surface area (Å²) in [7, 11) is 0. The van der Waals surface area contributed by atoms with Crippen molar-refractivity contribution >= 4 is 23.8 Å². The smallest absolute Gasteiger partial charge is 0.416 e. The van der Waals surface area contributed by atoms with Crippen molar-refractivity contribution < 1.29 is 41.1 Å². The molecule has 2 aliphatic heterocycles. The van der Waals surface area contributed by atoms with E-state index < -0.39 is 64.9 Å². The van der Waals surface area contributed by atoms with Crippen LogP contribution in [0.25, 0.3) is 0 Å². The first-order valence-corrected chi connectivity index (χ1v) is 11.7. The standard InChI is InChI=1S/C25H25F5N4O4/c1-23(2,3)38-22(37)32-11-8-24(9-12-32)20(35)34(18-13-16(7-10-31-18)25(28,29)30)21(36)33(24)14-15-5-4-6-17(26)19(15)27/h4-7,10,13H,8-9,11-12,14H2,1-3H3. The Morgan fingerprint density at radius 2 is 1.74 bits per heavy atom. The van der Waals surface area contributed by atoms with Crippen LogP contribution < -0.4 is 4.90 Å². The van der Waals surface area contributed by atoms with Gasteiger partial charge in [-0.3, -0.25) is 4.79 Å². The molecule has 0 saturated carbocycles. The molecule has 0 aliphatic carbocycles. The maximum absolute atomic E-state index is 14.5. The molecule has 2 saturated heterocycles. The number of carbonyl (C=O) groups is 3. The van der Waals surface area contributed by atoms with Gasteiger partial charge in [-0.25, -0.2) is 28.3 Å². The molecular formula is C25H25F5N4O4. The number of anilines is 1. The summed E-state index contributed by atoms with van der Waals surface area (Å²) < 4.78 is 73.8. The first-order valence-electron chi connectivity index (χ1n) is 11.7. The molecule has 2 fully saturated rings. The lowest BCUT2D eigenvalue weighted by Gasteiger charge is -2.42. The van der Waals surface area contributed by atoms with Gasteiger partial charge in [-0.15, -0.1) is 0 Å². The summed E-state index contributed by atoms with van der Waals surface area (Å²) in [6.45, 7) is 4.47. The topological polar surface area (TPSA) is 83.0 Å². The van der Waals surface area contributed by atoms with Crippen molar-refractivity contribution in [3.8, 4) is 0 Å². The Bertz CT molecular complexity index is 1270. The van der Waals surface area contributed by atoms with Gasteiger partial charge in [0.2, 0.25) is 0 Å². The van der Waals surface area contributed by atoms with Crippen molar-refractivity contribution in [1.29, 1.82) is 0 Å². The van der Waals surface area contributed by atoms with Crippen molar-refractivity contribution in [3.05, 3.63) is 59.3 Å². The van der Waals surface area contributed by atoms with Gasteiger partial charge in [-0.1, -0.05) is 12.1 Å². The Morgan fingerprint density at radius 3 is 2.34 bits per heavy atom. The monoisotopic (exact) mass is 540 g/mol. The molecule has 204 valence electrons. The molecule has 4 amide bonds. The zero-order valence-corrected chi connectivity index (χ0v) is 20.8. The number of hydrogen-bond acceptors (Lipinski definition) is 5. The summed E-state index contributed by atoms with van der Waals surface area (Å²) in [6.07, 6.45) is -4.79. The minimum Gasteiger partial charge on any atom is -0.444 e. The van der Waals surface area contributed by atoms with Crippen molar-refractivity contribution in [3.63, 3.8) is 0 Å². The lowest BCUT2D eigenvalue weighted by atomic mass is 9.85. The number of likely N-dealkylation sites (tertiary alicyclic amines) is 1. The molecule has 0 radical (unpaired) electrons. The minimum absolute atomic E-state index is 0.0279. The first kappa shape index (κ1) is 27.3. The van der Waals surface area contributed by atoms with Crippen LogP contribution in [0, 0.1) is 11.6 Å². The molecule has 4 rings (SSSR count). The van der Waals surface area contributed by atoms with Gasteiger partial charge in [0.05, 0.1) is 12.1 Å². The molecule has 0 N–H and O–H groups in total. The average Bonchev–Trinajstić information content (AvgIpc) is 3.02. The van der Waals surface area contributed by atoms with Gasteiger partial charge in [0.1, 0.15) is 17.0 Å². The number of ether oxygens (including phenoxy) is 1. The zero-order chi connectivity index (χ0) is 28.0. The van der Waals surface area contributed by atoms with Crippen molar-refractivity contribution in [2.45, 2.75) is 57.5 Å². The van der Waals surface area contributed by atoms with E-state index in [2.05, 4.69) is 4.98 Å². The van der Waals surface area contributed by atoms with Crippen LogP contribution in [0.1, 0.15) is 44.7 Å². The van der Waals surface area contributed by atoms with E-state index >= 15 is 0 Å². The Balaban J connectivity index is 1.71. The van der Waals surface area contributed by atoms with Crippen LogP contribution in [0.15, 0.2) is 36.5 Å². The molecule has 1 aromatic carbocycles. The lowest BCUT2D eigenvalue weighted by molar-refractivity contribution is -0.137. The molecule has 8 nitrogen and oxygen atoms in total. The van der Waals surface area contributed by atoms with E-state index in [0.29, 0.717) is 17.0 Å². The molecule has 0 unspecified atom stereocenters. The number of aromatic nitrogens is 1. The highest BCUT2D eigenvalue weighted by Gasteiger charge is 2.59. The summed E-state index contributed by atoms with van der Waals surface area (Å²) in [4.78, 5) is 46.5. The van der Waals surface area contributed by atoms with Crippen LogP contribution in [0.4, 0.5) is 37.4 Å². The third-order valence-electron chi connectivity index (χ3n) is 6.44. The van der Waals surface area contributed by atoms with E-state index in [0.717, 1.165) is 17.2 Å². The van der Waals surface area contributed by atoms with Gasteiger partial charge in [-0.2, -0.15) is 13.2 Å². The second kappa shape index (κ2) is 9.52. The Hall–Kier alpha value is -3.77. The molecule has 0 bridgehead atoms. The van der Waals surface area contributed by atoms with Gasteiger partial charge in [0, 0.05) is 24.8 Å². The molecule has 13 heteroatoms. The Labute approximate surface area is 215 Å². The van der Waals surface area contributed by atoms with Crippen molar-refractivity contribution in [1.82, 2.24) is 14.8 Å². The fourth-order valence-corrected chi connectivity index (χ4v) is 4.56. The molecule has 2 aromatic rings. The molecule has 38 heavy (non-hydrogen) atoms. The summed E-state index contributed by atoms with van der Waals surface area (Å²) in [5.74, 6) is -3.80. The van der Waals surface area contributed by atoms with Gasteiger partial charge >= 0.3 is 18.3 Å². The normalized spacial score (nSPS) is 17.9. The van der Waals surface area contributed by atoms with Crippen molar-refractivity contribution in [2.24, 2.45) is 0 Å². The van der Waals surface area contributed by atoms with Crippen LogP contribution in [0.5, 0.6) is 0 Å². The second-order valence-electron chi connectivity index (χ2n) is 10.1. The summed E-state index contributed by atoms with van der Waals surface area (Å²) in [5, 5.41) is 0. The van der Waals surface area contributed by atoms with E-state index in [-0.39, 0.29) is 31.5 Å². The van der Waals surface area contributed by atoms with E-state index in [9.17, 15) is 36.3 Å². The van der Waals surface area contributed by atoms with E-state index in [1.54, 1.807) is 20.8 Å². The minimum atomic E-state index is -4.76. The third-order valence-corrected chi connectivity index (χ3v) is 6.44. The highest BCUT2D eigenvalue weighted by molar-refractivity contribution is 6.22. The number of nitrogens with zero attached hydrogens (tertiary/aromatic N) is 4. The Morgan fingerprint density at radius 1 is 1.08 bits per heavy atom. The SMILES string of the molecule is CC(C)(C)OC(=O)N1CCC2(CC1)C(=O)N(c1cc(C(F)(F)F)ccn1)C(=O)N2Cc1cccc(F)c1F. The maximum atomic E-state index is 14.5. The van der Waals surface area contributed by atoms with Crippen LogP contribution in [-0.4, -0.2) is 57.0 Å². The molecule has 2 aliphatic rings. The van der Waals surface area contributed by atoms with Gasteiger partial charge in [-0.05, 0) is 51.8 Å². The first-order chi connectivity index (χ1) is 17.6. The van der Waals surface area contributed by atoms with Crippen LogP contribution in [0.3, 0.4) is 0 Å². The summed E-state index contributed by atoms with van der Waals surface area (Å²) in [6, 6.07) is 3.61. The highest BCUT2D eigenvalue weighted by atomic mass is 19.4. The summed E-state index contributed by atoms with van der Waals surface area (Å²) >= 11 is 0. The summed E-state index contributed by atoms with van der Waals surface area (Å²) in [5.41, 5.74) is -3.76. The Kier molecular flexibility index (Phi) is 6.83. The number of amides is 4. The number of alkyl halides is 3. The van der Waals surface area contributed by atoms with E-state index in [1.807, 2.05) is 0 Å². The number of halogens is 5. The fourth-order valence-electron chi connectivity index (χ4n) is 4.56. The lowest BCUT2D eigenvalue weighted by Crippen LogP contribution is -2.57. The number of urea groups is 1. The molecule has 1 spiro atoms. The number of hydrogen-bond donors (Lipinski definition) is 0. The van der Waals surface area contributed by atoms with Gasteiger partial charge in [0.15, 0.2) is 11.6 Å². The number of carbonyl (C=O) groups excluding carboxylic acids is 3. The largest absolute Gasteiger partial charge is 0.444 e. The quantitative estimate of drug-likeness (QED) is 0.399. The maximum Gasteiger partial charge on any atom is 0.416 e. The van der Waals surface area contributed by atoms with Gasteiger partial charge in [0.25, 0.3) is 5.91 Å². The molecule has 0 atom stereocenters. The number of benzene rings is 1. The number of piperidine rings is 1. The van der Waals surface area contributed by atoms with Gasteiger partial charge < -0.3 is 14.5 Å². The van der Waals surface area contributed by atoms with E-state index in [1.165, 1.54) is 17.0 Å².